The van der Waals surface area contributed by atoms with E-state index < -0.39 is 5.54 Å². The topological polar surface area (TPSA) is 64.8 Å². The Kier molecular flexibility index (Phi) is 6.75. The van der Waals surface area contributed by atoms with Crippen molar-refractivity contribution in [1.29, 1.82) is 0 Å². The van der Waals surface area contributed by atoms with Crippen molar-refractivity contribution in [2.24, 2.45) is 5.73 Å². The molecule has 1 aliphatic heterocycles. The van der Waals surface area contributed by atoms with Crippen LogP contribution in [-0.4, -0.2) is 55.9 Å². The summed E-state index contributed by atoms with van der Waals surface area (Å²) < 4.78 is 10.3. The zero-order chi connectivity index (χ0) is 14.3. The zero-order valence-electron chi connectivity index (χ0n) is 12.5. The van der Waals surface area contributed by atoms with Gasteiger partial charge in [0.15, 0.2) is 0 Å². The molecule has 19 heavy (non-hydrogen) atoms. The Morgan fingerprint density at radius 2 is 2.26 bits per heavy atom. The van der Waals surface area contributed by atoms with E-state index in [1.54, 1.807) is 6.92 Å². The number of carbonyl (C=O) groups excluding carboxylic acids is 1. The number of esters is 1. The normalized spacial score (nSPS) is 24.5. The summed E-state index contributed by atoms with van der Waals surface area (Å²) in [5.41, 5.74) is 5.07. The molecule has 0 spiro atoms. The molecule has 5 heteroatoms. The van der Waals surface area contributed by atoms with Gasteiger partial charge in [0.1, 0.15) is 5.54 Å². The number of methoxy groups -OCH3 is 1. The Morgan fingerprint density at radius 3 is 2.95 bits per heavy atom. The number of unbranched alkanes of at least 4 members (excludes halogenated alkanes) is 1. The molecule has 1 heterocycles. The largest absolute Gasteiger partial charge is 0.468 e. The molecule has 0 radical (unpaired) electrons. The summed E-state index contributed by atoms with van der Waals surface area (Å²) in [6, 6.07) is 0. The molecule has 2 N–H and O–H groups in total. The molecule has 0 bridgehead atoms. The zero-order valence-corrected chi connectivity index (χ0v) is 12.5. The van der Waals surface area contributed by atoms with Gasteiger partial charge in [-0.3, -0.25) is 4.79 Å². The maximum absolute atomic E-state index is 11.4. The third-order valence-electron chi connectivity index (χ3n) is 3.61. The Labute approximate surface area is 116 Å². The molecule has 2 unspecified atom stereocenters. The van der Waals surface area contributed by atoms with Crippen molar-refractivity contribution in [2.45, 2.75) is 51.2 Å². The fourth-order valence-corrected chi connectivity index (χ4v) is 2.45. The minimum Gasteiger partial charge on any atom is -0.468 e. The summed E-state index contributed by atoms with van der Waals surface area (Å²) in [6.07, 6.45) is 4.07. The van der Waals surface area contributed by atoms with Crippen LogP contribution in [0.3, 0.4) is 0 Å². The molecule has 1 saturated heterocycles. The molecular formula is C14H28N2O3. The number of hydrogen-bond donors (Lipinski definition) is 1. The number of rotatable bonds is 6. The predicted molar refractivity (Wildman–Crippen MR) is 74.9 cm³/mol. The van der Waals surface area contributed by atoms with Gasteiger partial charge >= 0.3 is 5.97 Å². The maximum Gasteiger partial charge on any atom is 0.325 e. The highest BCUT2D eigenvalue weighted by Crippen LogP contribution is 2.14. The maximum atomic E-state index is 11.4. The minimum atomic E-state index is -0.857. The second-order valence-electron chi connectivity index (χ2n) is 5.70. The molecule has 1 aliphatic rings. The lowest BCUT2D eigenvalue weighted by atomic mass is 9.96. The van der Waals surface area contributed by atoms with Gasteiger partial charge in [0, 0.05) is 19.7 Å². The van der Waals surface area contributed by atoms with Crippen molar-refractivity contribution in [1.82, 2.24) is 4.90 Å². The first-order valence-electron chi connectivity index (χ1n) is 7.17. The lowest BCUT2D eigenvalue weighted by Gasteiger charge is -2.24. The van der Waals surface area contributed by atoms with Gasteiger partial charge < -0.3 is 20.1 Å². The summed E-state index contributed by atoms with van der Waals surface area (Å²) in [7, 11) is 1.38. The highest BCUT2D eigenvalue weighted by atomic mass is 16.5. The Morgan fingerprint density at radius 1 is 1.53 bits per heavy atom. The summed E-state index contributed by atoms with van der Waals surface area (Å²) >= 11 is 0. The van der Waals surface area contributed by atoms with Crippen molar-refractivity contribution in [3.05, 3.63) is 0 Å². The van der Waals surface area contributed by atoms with Crippen LogP contribution in [0.15, 0.2) is 0 Å². The quantitative estimate of drug-likeness (QED) is 0.580. The van der Waals surface area contributed by atoms with Crippen LogP contribution in [0.5, 0.6) is 0 Å². The standard InChI is InChI=1S/C14H28N2O3/c1-12-11-16(9-6-10-19-12)8-5-4-7-14(2,15)13(17)18-3/h12H,4-11,15H2,1-3H3. The lowest BCUT2D eigenvalue weighted by Crippen LogP contribution is -2.45. The van der Waals surface area contributed by atoms with Gasteiger partial charge in [-0.1, -0.05) is 0 Å². The first-order valence-corrected chi connectivity index (χ1v) is 7.17. The van der Waals surface area contributed by atoms with Gasteiger partial charge in [-0.25, -0.2) is 0 Å². The third kappa shape index (κ3) is 5.89. The van der Waals surface area contributed by atoms with E-state index in [0.717, 1.165) is 45.5 Å². The number of carbonyl (C=O) groups is 1. The highest BCUT2D eigenvalue weighted by molar-refractivity contribution is 5.79. The van der Waals surface area contributed by atoms with E-state index in [-0.39, 0.29) is 5.97 Å². The molecule has 0 amide bonds. The van der Waals surface area contributed by atoms with E-state index >= 15 is 0 Å². The summed E-state index contributed by atoms with van der Waals surface area (Å²) in [5, 5.41) is 0. The van der Waals surface area contributed by atoms with Crippen molar-refractivity contribution < 1.29 is 14.3 Å². The van der Waals surface area contributed by atoms with Gasteiger partial charge in [-0.2, -0.15) is 0 Å². The Hall–Kier alpha value is -0.650. The van der Waals surface area contributed by atoms with E-state index in [1.165, 1.54) is 7.11 Å². The van der Waals surface area contributed by atoms with Crippen LogP contribution in [-0.2, 0) is 14.3 Å². The van der Waals surface area contributed by atoms with E-state index in [1.807, 2.05) is 0 Å². The average molecular weight is 272 g/mol. The first kappa shape index (κ1) is 16.4. The van der Waals surface area contributed by atoms with Gasteiger partial charge in [-0.15, -0.1) is 0 Å². The van der Waals surface area contributed by atoms with Crippen LogP contribution < -0.4 is 5.73 Å². The number of ether oxygens (including phenoxy) is 2. The highest BCUT2D eigenvalue weighted by Gasteiger charge is 2.28. The second-order valence-corrected chi connectivity index (χ2v) is 5.70. The van der Waals surface area contributed by atoms with E-state index in [9.17, 15) is 4.79 Å². The molecule has 0 aromatic rings. The predicted octanol–water partition coefficient (Wildman–Crippen LogP) is 1.16. The first-order chi connectivity index (χ1) is 8.95. The second kappa shape index (κ2) is 7.82. The van der Waals surface area contributed by atoms with Crippen LogP contribution >= 0.6 is 0 Å². The third-order valence-corrected chi connectivity index (χ3v) is 3.61. The number of nitrogens with two attached hydrogens (primary N) is 1. The number of hydrogen-bond acceptors (Lipinski definition) is 5. The SMILES string of the molecule is COC(=O)C(C)(N)CCCCN1CCCOC(C)C1. The molecule has 2 atom stereocenters. The molecule has 112 valence electrons. The van der Waals surface area contributed by atoms with E-state index in [4.69, 9.17) is 15.2 Å². The van der Waals surface area contributed by atoms with Crippen molar-refractivity contribution in [3.8, 4) is 0 Å². The summed E-state index contributed by atoms with van der Waals surface area (Å²) in [5.74, 6) is -0.329. The Balaban J connectivity index is 2.21. The summed E-state index contributed by atoms with van der Waals surface area (Å²) in [4.78, 5) is 13.9. The molecule has 5 nitrogen and oxygen atoms in total. The fourth-order valence-electron chi connectivity index (χ4n) is 2.45. The van der Waals surface area contributed by atoms with Gasteiger partial charge in [0.2, 0.25) is 0 Å². The van der Waals surface area contributed by atoms with Crippen LogP contribution in [0.2, 0.25) is 0 Å². The molecule has 0 aliphatic carbocycles. The van der Waals surface area contributed by atoms with E-state index in [0.29, 0.717) is 12.5 Å². The van der Waals surface area contributed by atoms with Crippen molar-refractivity contribution in [3.63, 3.8) is 0 Å². The van der Waals surface area contributed by atoms with Crippen molar-refractivity contribution >= 4 is 5.97 Å². The van der Waals surface area contributed by atoms with Gasteiger partial charge in [0.05, 0.1) is 13.2 Å². The van der Waals surface area contributed by atoms with E-state index in [2.05, 4.69) is 11.8 Å². The van der Waals surface area contributed by atoms with Crippen LogP contribution in [0.1, 0.15) is 39.5 Å². The van der Waals surface area contributed by atoms with Crippen LogP contribution in [0, 0.1) is 0 Å². The molecular weight excluding hydrogens is 244 g/mol. The lowest BCUT2D eigenvalue weighted by molar-refractivity contribution is -0.146. The monoisotopic (exact) mass is 272 g/mol. The molecule has 1 fully saturated rings. The summed E-state index contributed by atoms with van der Waals surface area (Å²) in [6.45, 7) is 7.86. The average Bonchev–Trinajstić information content (AvgIpc) is 2.58. The van der Waals surface area contributed by atoms with Gasteiger partial charge in [-0.05, 0) is 46.1 Å². The fraction of sp³-hybridized carbons (Fsp3) is 0.929. The number of nitrogens with zero attached hydrogens (tertiary/aromatic N) is 1. The van der Waals surface area contributed by atoms with Crippen LogP contribution in [0.4, 0.5) is 0 Å². The Bertz CT molecular complexity index is 282. The van der Waals surface area contributed by atoms with Gasteiger partial charge in [0.25, 0.3) is 0 Å². The molecule has 0 aromatic heterocycles. The minimum absolute atomic E-state index is 0.317. The molecule has 1 rings (SSSR count). The van der Waals surface area contributed by atoms with Crippen LogP contribution in [0.25, 0.3) is 0 Å². The van der Waals surface area contributed by atoms with Crippen molar-refractivity contribution in [2.75, 3.05) is 33.4 Å². The molecule has 0 saturated carbocycles. The smallest absolute Gasteiger partial charge is 0.325 e. The molecule has 0 aromatic carbocycles.